The third-order valence-corrected chi connectivity index (χ3v) is 2.72. The number of carbonyl (C=O) groups excluding carboxylic acids is 1. The summed E-state index contributed by atoms with van der Waals surface area (Å²) in [5, 5.41) is 11.6. The van der Waals surface area contributed by atoms with Crippen molar-refractivity contribution >= 4 is 5.97 Å². The van der Waals surface area contributed by atoms with Crippen molar-refractivity contribution in [3.63, 3.8) is 0 Å². The lowest BCUT2D eigenvalue weighted by Gasteiger charge is -2.00. The minimum atomic E-state index is -0.478. The van der Waals surface area contributed by atoms with Crippen molar-refractivity contribution in [1.29, 1.82) is 0 Å². The molecule has 2 heterocycles. The summed E-state index contributed by atoms with van der Waals surface area (Å²) in [6, 6.07) is 0. The molecule has 0 fully saturated rings. The predicted molar refractivity (Wildman–Crippen MR) is 68.1 cm³/mol. The monoisotopic (exact) mass is 279 g/mol. The summed E-state index contributed by atoms with van der Waals surface area (Å²) in [7, 11) is 0. The van der Waals surface area contributed by atoms with Crippen LogP contribution in [0.5, 0.6) is 0 Å². The van der Waals surface area contributed by atoms with Gasteiger partial charge in [0.1, 0.15) is 6.54 Å². The SMILES string of the molecule is CCCc1noc(Cn2nnc(C(=O)OCC)c2C)n1. The minimum absolute atomic E-state index is 0.208. The Morgan fingerprint density at radius 1 is 1.40 bits per heavy atom. The van der Waals surface area contributed by atoms with E-state index in [0.29, 0.717) is 24.0 Å². The van der Waals surface area contributed by atoms with Crippen LogP contribution in [0.2, 0.25) is 0 Å². The maximum absolute atomic E-state index is 11.6. The van der Waals surface area contributed by atoms with E-state index in [-0.39, 0.29) is 12.2 Å². The number of aromatic nitrogens is 5. The molecule has 0 atom stereocenters. The van der Waals surface area contributed by atoms with Gasteiger partial charge in [0.15, 0.2) is 11.5 Å². The summed E-state index contributed by atoms with van der Waals surface area (Å²) in [4.78, 5) is 15.9. The standard InChI is InChI=1S/C12H17N5O3/c1-4-6-9-13-10(20-15-9)7-17-8(3)11(14-16-17)12(18)19-5-2/h4-7H2,1-3H3. The molecule has 0 aliphatic heterocycles. The number of ether oxygens (including phenoxy) is 1. The molecule has 0 aliphatic rings. The first-order chi connectivity index (χ1) is 9.65. The van der Waals surface area contributed by atoms with Gasteiger partial charge in [0.05, 0.1) is 12.3 Å². The Bertz CT molecular complexity index is 590. The molecule has 0 bridgehead atoms. The second-order valence-corrected chi connectivity index (χ2v) is 4.26. The molecule has 0 saturated heterocycles. The smallest absolute Gasteiger partial charge is 0.360 e. The Morgan fingerprint density at radius 3 is 2.90 bits per heavy atom. The number of aryl methyl sites for hydroxylation is 1. The molecule has 2 rings (SSSR count). The van der Waals surface area contributed by atoms with E-state index in [2.05, 4.69) is 20.5 Å². The van der Waals surface area contributed by atoms with Gasteiger partial charge in [-0.2, -0.15) is 4.98 Å². The Morgan fingerprint density at radius 2 is 2.20 bits per heavy atom. The van der Waals surface area contributed by atoms with E-state index in [9.17, 15) is 4.79 Å². The molecule has 0 unspecified atom stereocenters. The van der Waals surface area contributed by atoms with Crippen molar-refractivity contribution in [2.75, 3.05) is 6.61 Å². The lowest BCUT2D eigenvalue weighted by Crippen LogP contribution is -2.09. The van der Waals surface area contributed by atoms with Crippen molar-refractivity contribution in [1.82, 2.24) is 25.1 Å². The number of esters is 1. The molecule has 0 spiro atoms. The van der Waals surface area contributed by atoms with Crippen LogP contribution in [-0.4, -0.2) is 37.7 Å². The summed E-state index contributed by atoms with van der Waals surface area (Å²) in [5.74, 6) is 0.635. The summed E-state index contributed by atoms with van der Waals surface area (Å²) in [6.07, 6.45) is 1.72. The van der Waals surface area contributed by atoms with Gasteiger partial charge in [-0.1, -0.05) is 17.3 Å². The Hall–Kier alpha value is -2.25. The molecule has 2 aromatic heterocycles. The predicted octanol–water partition coefficient (Wildman–Crippen LogP) is 1.15. The molecule has 108 valence electrons. The molecule has 8 heteroatoms. The second-order valence-electron chi connectivity index (χ2n) is 4.26. The van der Waals surface area contributed by atoms with E-state index in [1.165, 1.54) is 4.68 Å². The highest BCUT2D eigenvalue weighted by atomic mass is 16.5. The second kappa shape index (κ2) is 6.27. The van der Waals surface area contributed by atoms with Gasteiger partial charge in [0, 0.05) is 6.42 Å². The van der Waals surface area contributed by atoms with Gasteiger partial charge in [-0.05, 0) is 20.3 Å². The van der Waals surface area contributed by atoms with E-state index in [1.807, 2.05) is 6.92 Å². The minimum Gasteiger partial charge on any atom is -0.461 e. The molecule has 20 heavy (non-hydrogen) atoms. The van der Waals surface area contributed by atoms with Crippen LogP contribution in [0, 0.1) is 6.92 Å². The normalized spacial score (nSPS) is 10.8. The molecular formula is C12H17N5O3. The quantitative estimate of drug-likeness (QED) is 0.731. The maximum Gasteiger partial charge on any atom is 0.360 e. The highest BCUT2D eigenvalue weighted by Crippen LogP contribution is 2.08. The van der Waals surface area contributed by atoms with Gasteiger partial charge >= 0.3 is 5.97 Å². The highest BCUT2D eigenvalue weighted by molar-refractivity contribution is 5.88. The fourth-order valence-electron chi connectivity index (χ4n) is 1.71. The lowest BCUT2D eigenvalue weighted by molar-refractivity contribution is 0.0518. The van der Waals surface area contributed by atoms with E-state index in [4.69, 9.17) is 9.26 Å². The Kier molecular flexibility index (Phi) is 4.44. The van der Waals surface area contributed by atoms with Gasteiger partial charge in [0.25, 0.3) is 0 Å². The summed E-state index contributed by atoms with van der Waals surface area (Å²) in [6.45, 7) is 6.12. The number of carbonyl (C=O) groups is 1. The van der Waals surface area contributed by atoms with E-state index >= 15 is 0 Å². The molecular weight excluding hydrogens is 262 g/mol. The third-order valence-electron chi connectivity index (χ3n) is 2.72. The van der Waals surface area contributed by atoms with E-state index in [0.717, 1.165) is 12.8 Å². The zero-order chi connectivity index (χ0) is 14.5. The van der Waals surface area contributed by atoms with Crippen molar-refractivity contribution < 1.29 is 14.1 Å². The van der Waals surface area contributed by atoms with Crippen LogP contribution in [0.3, 0.4) is 0 Å². The first kappa shape index (κ1) is 14.2. The lowest BCUT2D eigenvalue weighted by atomic mass is 10.3. The molecule has 0 radical (unpaired) electrons. The van der Waals surface area contributed by atoms with Crippen molar-refractivity contribution in [3.05, 3.63) is 23.1 Å². The van der Waals surface area contributed by atoms with Crippen LogP contribution >= 0.6 is 0 Å². The Labute approximate surface area is 116 Å². The molecule has 0 aromatic carbocycles. The van der Waals surface area contributed by atoms with Gasteiger partial charge < -0.3 is 9.26 Å². The molecule has 0 aliphatic carbocycles. The van der Waals surface area contributed by atoms with Crippen molar-refractivity contribution in [2.24, 2.45) is 0 Å². The van der Waals surface area contributed by atoms with Crippen LogP contribution in [-0.2, 0) is 17.7 Å². The van der Waals surface area contributed by atoms with Gasteiger partial charge in [-0.3, -0.25) is 0 Å². The number of hydrogen-bond donors (Lipinski definition) is 0. The van der Waals surface area contributed by atoms with Crippen LogP contribution in [0.1, 0.15) is 48.2 Å². The number of hydrogen-bond acceptors (Lipinski definition) is 7. The average molecular weight is 279 g/mol. The fraction of sp³-hybridized carbons (Fsp3) is 0.583. The van der Waals surface area contributed by atoms with Gasteiger partial charge in [0.2, 0.25) is 5.89 Å². The van der Waals surface area contributed by atoms with Gasteiger partial charge in [-0.15, -0.1) is 5.10 Å². The highest BCUT2D eigenvalue weighted by Gasteiger charge is 2.18. The summed E-state index contributed by atoms with van der Waals surface area (Å²) >= 11 is 0. The van der Waals surface area contributed by atoms with Crippen LogP contribution in [0.25, 0.3) is 0 Å². The fourth-order valence-corrected chi connectivity index (χ4v) is 1.71. The van der Waals surface area contributed by atoms with Crippen LogP contribution in [0.15, 0.2) is 4.52 Å². The Balaban J connectivity index is 2.11. The zero-order valence-electron chi connectivity index (χ0n) is 11.8. The first-order valence-corrected chi connectivity index (χ1v) is 6.54. The zero-order valence-corrected chi connectivity index (χ0v) is 11.8. The van der Waals surface area contributed by atoms with E-state index < -0.39 is 5.97 Å². The van der Waals surface area contributed by atoms with Crippen molar-refractivity contribution in [2.45, 2.75) is 40.2 Å². The molecule has 0 N–H and O–H groups in total. The van der Waals surface area contributed by atoms with Gasteiger partial charge in [-0.25, -0.2) is 9.48 Å². The van der Waals surface area contributed by atoms with E-state index in [1.54, 1.807) is 13.8 Å². The molecule has 2 aromatic rings. The topological polar surface area (TPSA) is 95.9 Å². The molecule has 8 nitrogen and oxygen atoms in total. The average Bonchev–Trinajstić information content (AvgIpc) is 2.99. The number of nitrogens with zero attached hydrogens (tertiary/aromatic N) is 5. The van der Waals surface area contributed by atoms with Crippen molar-refractivity contribution in [3.8, 4) is 0 Å². The van der Waals surface area contributed by atoms with Crippen LogP contribution in [0.4, 0.5) is 0 Å². The maximum atomic E-state index is 11.6. The summed E-state index contributed by atoms with van der Waals surface area (Å²) < 4.78 is 11.6. The largest absolute Gasteiger partial charge is 0.461 e. The van der Waals surface area contributed by atoms with Crippen LogP contribution < -0.4 is 0 Å². The molecule has 0 amide bonds. The first-order valence-electron chi connectivity index (χ1n) is 6.54. The third kappa shape index (κ3) is 3.01. The number of rotatable bonds is 6. The molecule has 0 saturated carbocycles. The summed E-state index contributed by atoms with van der Waals surface area (Å²) in [5.41, 5.74) is 0.818.